The van der Waals surface area contributed by atoms with E-state index in [2.05, 4.69) is 32.9 Å². The molecule has 2 aromatic carbocycles. The number of carbonyl (C=O) groups is 1. The second kappa shape index (κ2) is 6.66. The van der Waals surface area contributed by atoms with Crippen molar-refractivity contribution in [2.24, 2.45) is 0 Å². The Morgan fingerprint density at radius 3 is 2.00 bits per heavy atom. The van der Waals surface area contributed by atoms with Gasteiger partial charge in [-0.3, -0.25) is 4.79 Å². The van der Waals surface area contributed by atoms with Crippen LogP contribution in [0.5, 0.6) is 0 Å². The van der Waals surface area contributed by atoms with Gasteiger partial charge < -0.3 is 0 Å². The van der Waals surface area contributed by atoms with Crippen LogP contribution in [0.25, 0.3) is 11.1 Å². The van der Waals surface area contributed by atoms with E-state index < -0.39 is 5.82 Å². The average molecular weight is 284 g/mol. The molecule has 0 N–H and O–H groups in total. The molecule has 0 aromatic heterocycles. The van der Waals surface area contributed by atoms with Crippen molar-refractivity contribution in [3.8, 4) is 11.1 Å². The molecule has 2 aromatic rings. The number of halogens is 1. The van der Waals surface area contributed by atoms with E-state index in [1.807, 2.05) is 6.07 Å². The number of carbonyl (C=O) groups excluding carboxylic acids is 1. The minimum Gasteiger partial charge on any atom is -0.298 e. The van der Waals surface area contributed by atoms with Crippen LogP contribution in [0.4, 0.5) is 4.39 Å². The molecule has 0 aliphatic heterocycles. The van der Waals surface area contributed by atoms with Crippen LogP contribution in [-0.2, 0) is 19.3 Å². The predicted molar refractivity (Wildman–Crippen MR) is 85.4 cm³/mol. The fraction of sp³-hybridized carbons (Fsp3) is 0.316. The summed E-state index contributed by atoms with van der Waals surface area (Å²) >= 11 is 0. The SMILES string of the molecule is CCc1cc(CC)c(-c2ccc(C=O)c(F)c2)c(CC)c1. The Bertz CT molecular complexity index is 634. The molecular formula is C19H21FO. The summed E-state index contributed by atoms with van der Waals surface area (Å²) in [6.07, 6.45) is 3.37. The molecule has 0 saturated heterocycles. The van der Waals surface area contributed by atoms with Crippen LogP contribution in [0.15, 0.2) is 30.3 Å². The van der Waals surface area contributed by atoms with Crippen molar-refractivity contribution < 1.29 is 9.18 Å². The smallest absolute Gasteiger partial charge is 0.152 e. The summed E-state index contributed by atoms with van der Waals surface area (Å²) in [7, 11) is 0. The molecule has 0 aliphatic carbocycles. The van der Waals surface area contributed by atoms with Crippen molar-refractivity contribution in [3.05, 3.63) is 58.4 Å². The van der Waals surface area contributed by atoms with Crippen molar-refractivity contribution >= 4 is 6.29 Å². The number of benzene rings is 2. The summed E-state index contributed by atoms with van der Waals surface area (Å²) in [5.74, 6) is -0.453. The molecule has 0 heterocycles. The Balaban J connectivity index is 2.66. The number of aryl methyl sites for hydroxylation is 3. The van der Waals surface area contributed by atoms with Gasteiger partial charge in [0.25, 0.3) is 0 Å². The van der Waals surface area contributed by atoms with Gasteiger partial charge in [0.15, 0.2) is 6.29 Å². The molecule has 0 fully saturated rings. The molecule has 110 valence electrons. The van der Waals surface area contributed by atoms with Crippen LogP contribution < -0.4 is 0 Å². The lowest BCUT2D eigenvalue weighted by Crippen LogP contribution is -1.99. The van der Waals surface area contributed by atoms with Crippen molar-refractivity contribution in [2.75, 3.05) is 0 Å². The molecule has 0 unspecified atom stereocenters. The minimum absolute atomic E-state index is 0.111. The summed E-state index contributed by atoms with van der Waals surface area (Å²) < 4.78 is 13.9. The third kappa shape index (κ3) is 3.05. The number of rotatable bonds is 5. The van der Waals surface area contributed by atoms with Crippen LogP contribution in [0.3, 0.4) is 0 Å². The van der Waals surface area contributed by atoms with Gasteiger partial charge in [-0.1, -0.05) is 39.0 Å². The Morgan fingerprint density at radius 2 is 1.57 bits per heavy atom. The highest BCUT2D eigenvalue weighted by Gasteiger charge is 2.12. The first-order valence-corrected chi connectivity index (χ1v) is 7.54. The van der Waals surface area contributed by atoms with E-state index in [0.29, 0.717) is 6.29 Å². The van der Waals surface area contributed by atoms with E-state index in [4.69, 9.17) is 0 Å². The highest BCUT2D eigenvalue weighted by Crippen LogP contribution is 2.31. The summed E-state index contributed by atoms with van der Waals surface area (Å²) in [6, 6.07) is 9.29. The van der Waals surface area contributed by atoms with Crippen molar-refractivity contribution in [1.82, 2.24) is 0 Å². The van der Waals surface area contributed by atoms with Crippen molar-refractivity contribution in [3.63, 3.8) is 0 Å². The highest BCUT2D eigenvalue weighted by atomic mass is 19.1. The van der Waals surface area contributed by atoms with Gasteiger partial charge in [-0.15, -0.1) is 0 Å². The molecular weight excluding hydrogens is 263 g/mol. The third-order valence-electron chi connectivity index (χ3n) is 3.95. The second-order valence-electron chi connectivity index (χ2n) is 5.20. The molecule has 0 atom stereocenters. The average Bonchev–Trinajstić information content (AvgIpc) is 2.53. The van der Waals surface area contributed by atoms with Gasteiger partial charge in [-0.2, -0.15) is 0 Å². The molecule has 0 saturated carbocycles. The zero-order chi connectivity index (χ0) is 15.4. The van der Waals surface area contributed by atoms with E-state index in [1.54, 1.807) is 6.07 Å². The summed E-state index contributed by atoms with van der Waals surface area (Å²) in [5, 5.41) is 0. The molecule has 1 nitrogen and oxygen atoms in total. The number of hydrogen-bond acceptors (Lipinski definition) is 1. The largest absolute Gasteiger partial charge is 0.298 e. The molecule has 2 heteroatoms. The van der Waals surface area contributed by atoms with E-state index >= 15 is 0 Å². The van der Waals surface area contributed by atoms with Crippen LogP contribution in [0, 0.1) is 5.82 Å². The number of aldehydes is 1. The highest BCUT2D eigenvalue weighted by molar-refractivity contribution is 5.79. The first-order valence-electron chi connectivity index (χ1n) is 7.54. The third-order valence-corrected chi connectivity index (χ3v) is 3.95. The molecule has 0 spiro atoms. The van der Waals surface area contributed by atoms with Gasteiger partial charge in [0, 0.05) is 0 Å². The van der Waals surface area contributed by atoms with Crippen LogP contribution in [0.1, 0.15) is 47.8 Å². The van der Waals surface area contributed by atoms with Gasteiger partial charge >= 0.3 is 0 Å². The quantitative estimate of drug-likeness (QED) is 0.707. The van der Waals surface area contributed by atoms with Crippen LogP contribution >= 0.6 is 0 Å². The predicted octanol–water partition coefficient (Wildman–Crippen LogP) is 4.99. The number of hydrogen-bond donors (Lipinski definition) is 0. The normalized spacial score (nSPS) is 10.7. The maximum atomic E-state index is 13.9. The van der Waals surface area contributed by atoms with Gasteiger partial charge in [-0.05, 0) is 59.2 Å². The van der Waals surface area contributed by atoms with Crippen LogP contribution in [-0.4, -0.2) is 6.29 Å². The zero-order valence-electron chi connectivity index (χ0n) is 12.9. The van der Waals surface area contributed by atoms with E-state index in [1.165, 1.54) is 22.8 Å². The maximum Gasteiger partial charge on any atom is 0.152 e. The van der Waals surface area contributed by atoms with Crippen LogP contribution in [0.2, 0.25) is 0 Å². The first-order chi connectivity index (χ1) is 10.1. The Morgan fingerprint density at radius 1 is 0.952 bits per heavy atom. The lowest BCUT2D eigenvalue weighted by atomic mass is 9.89. The monoisotopic (exact) mass is 284 g/mol. The van der Waals surface area contributed by atoms with Crippen molar-refractivity contribution in [2.45, 2.75) is 40.0 Å². The fourth-order valence-electron chi connectivity index (χ4n) is 2.75. The van der Waals surface area contributed by atoms with Gasteiger partial charge in [0.1, 0.15) is 5.82 Å². The lowest BCUT2D eigenvalue weighted by molar-refractivity contribution is 0.112. The topological polar surface area (TPSA) is 17.1 Å². The maximum absolute atomic E-state index is 13.9. The van der Waals surface area contributed by atoms with Gasteiger partial charge in [0.2, 0.25) is 0 Å². The van der Waals surface area contributed by atoms with Crippen molar-refractivity contribution in [1.29, 1.82) is 0 Å². The van der Waals surface area contributed by atoms with E-state index in [9.17, 15) is 9.18 Å². The summed E-state index contributed by atoms with van der Waals surface area (Å²) in [5.41, 5.74) is 5.88. The fourth-order valence-corrected chi connectivity index (χ4v) is 2.75. The molecule has 0 aliphatic rings. The second-order valence-corrected chi connectivity index (χ2v) is 5.20. The van der Waals surface area contributed by atoms with E-state index in [0.717, 1.165) is 30.4 Å². The molecule has 2 rings (SSSR count). The molecule has 0 bridgehead atoms. The molecule has 21 heavy (non-hydrogen) atoms. The minimum atomic E-state index is -0.453. The summed E-state index contributed by atoms with van der Waals surface area (Å²) in [6.45, 7) is 6.38. The Hall–Kier alpha value is -1.96. The van der Waals surface area contributed by atoms with Gasteiger partial charge in [-0.25, -0.2) is 4.39 Å². The standard InChI is InChI=1S/C19H21FO/c1-4-13-9-14(5-2)19(15(6-3)10-13)16-7-8-17(12-21)18(20)11-16/h7-12H,4-6H2,1-3H3. The first kappa shape index (κ1) is 15.4. The lowest BCUT2D eigenvalue weighted by Gasteiger charge is -2.16. The molecule has 0 radical (unpaired) electrons. The van der Waals surface area contributed by atoms with Gasteiger partial charge in [0.05, 0.1) is 5.56 Å². The Labute approximate surface area is 125 Å². The Kier molecular flexibility index (Phi) is 4.89. The zero-order valence-corrected chi connectivity index (χ0v) is 12.9. The molecule has 0 amide bonds. The summed E-state index contributed by atoms with van der Waals surface area (Å²) in [4.78, 5) is 10.8. The van der Waals surface area contributed by atoms with E-state index in [-0.39, 0.29) is 5.56 Å².